The minimum absolute atomic E-state index is 0.442. The van der Waals surface area contributed by atoms with Crippen molar-refractivity contribution < 1.29 is 0 Å². The third-order valence-electron chi connectivity index (χ3n) is 2.02. The van der Waals surface area contributed by atoms with Crippen LogP contribution in [-0.2, 0) is 0 Å². The molecular formula is C11H11BrN2. The van der Waals surface area contributed by atoms with Crippen molar-refractivity contribution in [1.82, 2.24) is 4.98 Å². The molecule has 1 aromatic heterocycles. The molecule has 1 aliphatic rings. The normalized spacial score (nSPS) is 20.4. The average Bonchev–Trinajstić information content (AvgIpc) is 2.19. The summed E-state index contributed by atoms with van der Waals surface area (Å²) in [4.78, 5) is 4.41. The SMILES string of the molecule is BrC1C=CC=C(Nc2ccncc2)C1. The van der Waals surface area contributed by atoms with E-state index in [0.717, 1.165) is 12.1 Å². The van der Waals surface area contributed by atoms with E-state index in [9.17, 15) is 0 Å². The van der Waals surface area contributed by atoms with Gasteiger partial charge in [0.25, 0.3) is 0 Å². The molecule has 1 unspecified atom stereocenters. The summed E-state index contributed by atoms with van der Waals surface area (Å²) in [5, 5.41) is 3.35. The predicted octanol–water partition coefficient (Wildman–Crippen LogP) is 3.10. The third-order valence-corrected chi connectivity index (χ3v) is 2.65. The largest absolute Gasteiger partial charge is 0.359 e. The van der Waals surface area contributed by atoms with E-state index in [4.69, 9.17) is 0 Å². The lowest BCUT2D eigenvalue weighted by Gasteiger charge is -2.15. The summed E-state index contributed by atoms with van der Waals surface area (Å²) in [5.41, 5.74) is 2.31. The predicted molar refractivity (Wildman–Crippen MR) is 62.4 cm³/mol. The van der Waals surface area contributed by atoms with Gasteiger partial charge in [0.05, 0.1) is 0 Å². The van der Waals surface area contributed by atoms with Crippen molar-refractivity contribution in [1.29, 1.82) is 0 Å². The van der Waals surface area contributed by atoms with E-state index >= 15 is 0 Å². The summed E-state index contributed by atoms with van der Waals surface area (Å²) in [6.07, 6.45) is 10.9. The second-order valence-electron chi connectivity index (χ2n) is 3.16. The molecule has 2 rings (SSSR count). The molecule has 0 saturated carbocycles. The Morgan fingerprint density at radius 2 is 2.14 bits per heavy atom. The molecule has 1 heterocycles. The van der Waals surface area contributed by atoms with Gasteiger partial charge in [0.2, 0.25) is 0 Å². The van der Waals surface area contributed by atoms with Gasteiger partial charge >= 0.3 is 0 Å². The standard InChI is InChI=1S/C11H11BrN2/c12-9-2-1-3-11(8-9)14-10-4-6-13-7-5-10/h1-7,9H,8H2,(H,13,14). The summed E-state index contributed by atoms with van der Waals surface area (Å²) in [7, 11) is 0. The van der Waals surface area contributed by atoms with Gasteiger partial charge in [-0.2, -0.15) is 0 Å². The number of pyridine rings is 1. The van der Waals surface area contributed by atoms with Crippen LogP contribution in [0, 0.1) is 0 Å². The summed E-state index contributed by atoms with van der Waals surface area (Å²) < 4.78 is 0. The fourth-order valence-electron chi connectivity index (χ4n) is 1.35. The minimum atomic E-state index is 0.442. The number of allylic oxidation sites excluding steroid dienone is 4. The molecule has 14 heavy (non-hydrogen) atoms. The zero-order chi connectivity index (χ0) is 9.80. The highest BCUT2D eigenvalue weighted by Gasteiger charge is 2.07. The van der Waals surface area contributed by atoms with E-state index in [1.807, 2.05) is 12.1 Å². The highest BCUT2D eigenvalue weighted by molar-refractivity contribution is 9.09. The first-order valence-electron chi connectivity index (χ1n) is 4.53. The van der Waals surface area contributed by atoms with Crippen LogP contribution in [0.5, 0.6) is 0 Å². The Balaban J connectivity index is 2.05. The number of nitrogens with zero attached hydrogens (tertiary/aromatic N) is 1. The number of hydrogen-bond donors (Lipinski definition) is 1. The molecule has 0 radical (unpaired) electrons. The minimum Gasteiger partial charge on any atom is -0.359 e. The Bertz CT molecular complexity index is 357. The molecule has 1 aromatic rings. The van der Waals surface area contributed by atoms with Crippen molar-refractivity contribution >= 4 is 21.6 Å². The van der Waals surface area contributed by atoms with Crippen LogP contribution in [-0.4, -0.2) is 9.81 Å². The quantitative estimate of drug-likeness (QED) is 0.817. The Hall–Kier alpha value is -1.09. The molecule has 0 spiro atoms. The number of alkyl halides is 1. The van der Waals surface area contributed by atoms with E-state index in [1.165, 1.54) is 5.70 Å². The van der Waals surface area contributed by atoms with E-state index in [2.05, 4.69) is 44.5 Å². The molecule has 0 bridgehead atoms. The summed E-state index contributed by atoms with van der Waals surface area (Å²) in [6.45, 7) is 0. The van der Waals surface area contributed by atoms with E-state index in [0.29, 0.717) is 4.83 Å². The molecule has 2 nitrogen and oxygen atoms in total. The smallest absolute Gasteiger partial charge is 0.0412 e. The van der Waals surface area contributed by atoms with Crippen LogP contribution in [0.3, 0.4) is 0 Å². The molecule has 0 aromatic carbocycles. The molecule has 72 valence electrons. The van der Waals surface area contributed by atoms with Gasteiger partial charge < -0.3 is 5.32 Å². The monoisotopic (exact) mass is 250 g/mol. The number of aromatic nitrogens is 1. The molecule has 0 fully saturated rings. The first-order valence-corrected chi connectivity index (χ1v) is 5.44. The number of anilines is 1. The van der Waals surface area contributed by atoms with Gasteiger partial charge in [-0.05, 0) is 18.2 Å². The van der Waals surface area contributed by atoms with Crippen LogP contribution in [0.15, 0.2) is 48.5 Å². The molecule has 0 aliphatic heterocycles. The second-order valence-corrected chi connectivity index (χ2v) is 4.33. The first-order chi connectivity index (χ1) is 6.84. The molecule has 1 N–H and O–H groups in total. The maximum absolute atomic E-state index is 3.97. The van der Waals surface area contributed by atoms with Gasteiger partial charge in [-0.15, -0.1) is 0 Å². The van der Waals surface area contributed by atoms with Crippen LogP contribution in [0.2, 0.25) is 0 Å². The lowest BCUT2D eigenvalue weighted by atomic mass is 10.1. The summed E-state index contributed by atoms with van der Waals surface area (Å²) in [5.74, 6) is 0. The van der Waals surface area contributed by atoms with Gasteiger partial charge in [-0.25, -0.2) is 0 Å². The molecule has 0 saturated heterocycles. The number of rotatable bonds is 2. The number of nitrogens with one attached hydrogen (secondary N) is 1. The van der Waals surface area contributed by atoms with Crippen molar-refractivity contribution in [2.75, 3.05) is 5.32 Å². The van der Waals surface area contributed by atoms with E-state index in [1.54, 1.807) is 12.4 Å². The molecule has 1 atom stereocenters. The highest BCUT2D eigenvalue weighted by atomic mass is 79.9. The molecular weight excluding hydrogens is 240 g/mol. The first kappa shape index (κ1) is 9.46. The van der Waals surface area contributed by atoms with Crippen LogP contribution in [0.1, 0.15) is 6.42 Å². The van der Waals surface area contributed by atoms with Crippen LogP contribution < -0.4 is 5.32 Å². The molecule has 3 heteroatoms. The Kier molecular flexibility index (Phi) is 2.99. The highest BCUT2D eigenvalue weighted by Crippen LogP contribution is 2.20. The second kappa shape index (κ2) is 4.42. The lowest BCUT2D eigenvalue weighted by Crippen LogP contribution is -2.07. The maximum atomic E-state index is 3.97. The number of halogens is 1. The van der Waals surface area contributed by atoms with Crippen molar-refractivity contribution in [3.63, 3.8) is 0 Å². The van der Waals surface area contributed by atoms with Gasteiger partial charge in [0.1, 0.15) is 0 Å². The van der Waals surface area contributed by atoms with Crippen LogP contribution in [0.25, 0.3) is 0 Å². The summed E-state index contributed by atoms with van der Waals surface area (Å²) >= 11 is 3.56. The van der Waals surface area contributed by atoms with Crippen LogP contribution >= 0.6 is 15.9 Å². The van der Waals surface area contributed by atoms with Crippen molar-refractivity contribution in [2.24, 2.45) is 0 Å². The molecule has 0 amide bonds. The van der Waals surface area contributed by atoms with Gasteiger partial charge in [-0.3, -0.25) is 4.98 Å². The maximum Gasteiger partial charge on any atom is 0.0412 e. The van der Waals surface area contributed by atoms with Gasteiger partial charge in [-0.1, -0.05) is 28.1 Å². The Labute approximate surface area is 91.9 Å². The zero-order valence-corrected chi connectivity index (χ0v) is 9.24. The average molecular weight is 251 g/mol. The third kappa shape index (κ3) is 2.45. The van der Waals surface area contributed by atoms with Crippen molar-refractivity contribution in [3.8, 4) is 0 Å². The fourth-order valence-corrected chi connectivity index (χ4v) is 1.88. The Morgan fingerprint density at radius 1 is 1.36 bits per heavy atom. The summed E-state index contributed by atoms with van der Waals surface area (Å²) in [6, 6.07) is 3.92. The van der Waals surface area contributed by atoms with Crippen molar-refractivity contribution in [3.05, 3.63) is 48.5 Å². The lowest BCUT2D eigenvalue weighted by molar-refractivity contribution is 0.997. The van der Waals surface area contributed by atoms with Gasteiger partial charge in [0, 0.05) is 35.0 Å². The van der Waals surface area contributed by atoms with Crippen LogP contribution in [0.4, 0.5) is 5.69 Å². The molecule has 1 aliphatic carbocycles. The van der Waals surface area contributed by atoms with Crippen molar-refractivity contribution in [2.45, 2.75) is 11.2 Å². The topological polar surface area (TPSA) is 24.9 Å². The zero-order valence-electron chi connectivity index (χ0n) is 7.65. The van der Waals surface area contributed by atoms with E-state index in [-0.39, 0.29) is 0 Å². The van der Waals surface area contributed by atoms with E-state index < -0.39 is 0 Å². The Morgan fingerprint density at radius 3 is 2.86 bits per heavy atom. The number of hydrogen-bond acceptors (Lipinski definition) is 2. The van der Waals surface area contributed by atoms with Gasteiger partial charge in [0.15, 0.2) is 0 Å². The fraction of sp³-hybridized carbons (Fsp3) is 0.182.